The van der Waals surface area contributed by atoms with E-state index in [1.54, 1.807) is 22.8 Å². The molecule has 0 aliphatic rings. The summed E-state index contributed by atoms with van der Waals surface area (Å²) in [5.74, 6) is 0.551. The first-order chi connectivity index (χ1) is 12.3. The third kappa shape index (κ3) is 3.40. The van der Waals surface area contributed by atoms with Gasteiger partial charge in [-0.25, -0.2) is 0 Å². The van der Waals surface area contributed by atoms with Crippen molar-refractivity contribution >= 4 is 28.2 Å². The van der Waals surface area contributed by atoms with Crippen LogP contribution >= 0.6 is 11.6 Å². The number of hydrogen-bond acceptors (Lipinski definition) is 4. The Hall–Kier alpha value is -2.53. The van der Waals surface area contributed by atoms with Crippen LogP contribution < -0.4 is 4.74 Å². The maximum Gasteiger partial charge on any atom is 0.222 e. The first-order valence-corrected chi connectivity index (χ1v) is 8.77. The monoisotopic (exact) mass is 372 g/mol. The van der Waals surface area contributed by atoms with E-state index in [9.17, 15) is 10.0 Å². The number of hydrogen-bond donors (Lipinski definition) is 1. The minimum absolute atomic E-state index is 0.0415. The summed E-state index contributed by atoms with van der Waals surface area (Å²) in [4.78, 5) is 11.1. The van der Waals surface area contributed by atoms with E-state index in [0.717, 1.165) is 5.75 Å². The van der Waals surface area contributed by atoms with Gasteiger partial charge in [-0.3, -0.25) is 0 Å². The van der Waals surface area contributed by atoms with Crippen LogP contribution in [0.15, 0.2) is 47.6 Å². The Balaban J connectivity index is 1.77. The van der Waals surface area contributed by atoms with E-state index in [-0.39, 0.29) is 17.0 Å². The molecule has 0 amide bonds. The van der Waals surface area contributed by atoms with E-state index in [1.165, 1.54) is 5.56 Å². The second kappa shape index (κ2) is 7.00. The van der Waals surface area contributed by atoms with Crippen molar-refractivity contribution in [2.45, 2.75) is 32.7 Å². The number of rotatable bonds is 5. The SMILES string of the molecule is CC(C)(C)c1ccc(OCCn2c(O)c(N=O)c3c(Cl)cccc32)cc1. The quantitative estimate of drug-likeness (QED) is 0.578. The summed E-state index contributed by atoms with van der Waals surface area (Å²) < 4.78 is 7.37. The Morgan fingerprint density at radius 3 is 2.46 bits per heavy atom. The number of aromatic hydroxyl groups is 1. The summed E-state index contributed by atoms with van der Waals surface area (Å²) in [5, 5.41) is 14.1. The van der Waals surface area contributed by atoms with Gasteiger partial charge < -0.3 is 14.4 Å². The molecule has 3 rings (SSSR count). The standard InChI is InChI=1S/C20H21ClN2O3/c1-20(2,3)13-7-9-14(10-8-13)26-12-11-23-16-6-4-5-15(21)17(16)18(22-25)19(23)24/h4-10,24H,11-12H2,1-3H3. The maximum absolute atomic E-state index is 11.1. The van der Waals surface area contributed by atoms with Gasteiger partial charge in [0.2, 0.25) is 5.88 Å². The molecule has 0 radical (unpaired) electrons. The Labute approximate surface area is 157 Å². The third-order valence-corrected chi connectivity index (χ3v) is 4.70. The molecule has 0 aliphatic carbocycles. The molecule has 0 spiro atoms. The van der Waals surface area contributed by atoms with E-state index in [1.807, 2.05) is 24.3 Å². The van der Waals surface area contributed by atoms with Crippen LogP contribution in [-0.2, 0) is 12.0 Å². The van der Waals surface area contributed by atoms with Crippen molar-refractivity contribution in [3.05, 3.63) is 58.0 Å². The molecule has 136 valence electrons. The van der Waals surface area contributed by atoms with Crippen molar-refractivity contribution in [2.24, 2.45) is 5.18 Å². The molecule has 0 saturated heterocycles. The normalized spacial score (nSPS) is 11.7. The van der Waals surface area contributed by atoms with Crippen LogP contribution in [-0.4, -0.2) is 16.3 Å². The predicted molar refractivity (Wildman–Crippen MR) is 105 cm³/mol. The lowest BCUT2D eigenvalue weighted by Gasteiger charge is -2.19. The Kier molecular flexibility index (Phi) is 4.92. The second-order valence-corrected chi connectivity index (χ2v) is 7.58. The Morgan fingerprint density at radius 1 is 1.15 bits per heavy atom. The lowest BCUT2D eigenvalue weighted by molar-refractivity contribution is 0.290. The van der Waals surface area contributed by atoms with Crippen molar-refractivity contribution in [1.29, 1.82) is 0 Å². The summed E-state index contributed by atoms with van der Waals surface area (Å²) in [5.41, 5.74) is 1.93. The van der Waals surface area contributed by atoms with Gasteiger partial charge in [0.15, 0.2) is 5.69 Å². The van der Waals surface area contributed by atoms with E-state index in [2.05, 4.69) is 25.9 Å². The molecule has 1 N–H and O–H groups in total. The average Bonchev–Trinajstić information content (AvgIpc) is 2.87. The fourth-order valence-corrected chi connectivity index (χ4v) is 3.20. The van der Waals surface area contributed by atoms with Gasteiger partial charge >= 0.3 is 0 Å². The number of aromatic nitrogens is 1. The zero-order valence-electron chi connectivity index (χ0n) is 15.0. The van der Waals surface area contributed by atoms with Crippen LogP contribution in [0, 0.1) is 4.91 Å². The van der Waals surface area contributed by atoms with Crippen molar-refractivity contribution in [3.63, 3.8) is 0 Å². The zero-order valence-corrected chi connectivity index (χ0v) is 15.7. The molecular formula is C20H21ClN2O3. The van der Waals surface area contributed by atoms with Crippen LogP contribution in [0.1, 0.15) is 26.3 Å². The van der Waals surface area contributed by atoms with Gasteiger partial charge in [0, 0.05) is 0 Å². The molecule has 0 atom stereocenters. The molecule has 3 aromatic rings. The van der Waals surface area contributed by atoms with Gasteiger partial charge in [-0.2, -0.15) is 0 Å². The predicted octanol–water partition coefficient (Wildman–Crippen LogP) is 5.77. The van der Waals surface area contributed by atoms with Gasteiger partial charge in [0.1, 0.15) is 12.4 Å². The largest absolute Gasteiger partial charge is 0.493 e. The number of ether oxygens (including phenoxy) is 1. The number of halogens is 1. The van der Waals surface area contributed by atoms with Gasteiger partial charge in [-0.15, -0.1) is 4.91 Å². The lowest BCUT2D eigenvalue weighted by atomic mass is 9.87. The Morgan fingerprint density at radius 2 is 1.85 bits per heavy atom. The second-order valence-electron chi connectivity index (χ2n) is 7.17. The molecule has 0 bridgehead atoms. The first-order valence-electron chi connectivity index (χ1n) is 8.39. The van der Waals surface area contributed by atoms with Crippen molar-refractivity contribution in [3.8, 4) is 11.6 Å². The third-order valence-electron chi connectivity index (χ3n) is 4.38. The molecular weight excluding hydrogens is 352 g/mol. The zero-order chi connectivity index (χ0) is 18.9. The highest BCUT2D eigenvalue weighted by Crippen LogP contribution is 2.41. The average molecular weight is 373 g/mol. The van der Waals surface area contributed by atoms with Gasteiger partial charge in [0.25, 0.3) is 0 Å². The molecule has 0 fully saturated rings. The molecule has 0 saturated carbocycles. The molecule has 26 heavy (non-hydrogen) atoms. The minimum atomic E-state index is -0.199. The molecule has 1 heterocycles. The summed E-state index contributed by atoms with van der Waals surface area (Å²) in [6.07, 6.45) is 0. The number of fused-ring (bicyclic) bond motifs is 1. The van der Waals surface area contributed by atoms with Crippen LogP contribution in [0.3, 0.4) is 0 Å². The molecule has 1 aromatic heterocycles. The van der Waals surface area contributed by atoms with Gasteiger partial charge in [0.05, 0.1) is 22.5 Å². The van der Waals surface area contributed by atoms with Gasteiger partial charge in [-0.1, -0.05) is 50.6 Å². The highest BCUT2D eigenvalue weighted by molar-refractivity contribution is 6.36. The Bertz CT molecular complexity index is 940. The molecule has 0 unspecified atom stereocenters. The van der Waals surface area contributed by atoms with E-state index in [4.69, 9.17) is 16.3 Å². The summed E-state index contributed by atoms with van der Waals surface area (Å²) >= 11 is 6.15. The van der Waals surface area contributed by atoms with Crippen LogP contribution in [0.4, 0.5) is 5.69 Å². The van der Waals surface area contributed by atoms with Crippen LogP contribution in [0.5, 0.6) is 11.6 Å². The highest BCUT2D eigenvalue weighted by atomic mass is 35.5. The number of nitrogens with zero attached hydrogens (tertiary/aromatic N) is 2. The minimum Gasteiger partial charge on any atom is -0.493 e. The van der Waals surface area contributed by atoms with Gasteiger partial charge in [-0.05, 0) is 40.4 Å². The number of nitroso groups, excluding NO2 is 1. The molecule has 2 aromatic carbocycles. The maximum atomic E-state index is 11.1. The van der Waals surface area contributed by atoms with Crippen molar-refractivity contribution in [2.75, 3.05) is 6.61 Å². The molecule has 5 nitrogen and oxygen atoms in total. The topological polar surface area (TPSA) is 63.8 Å². The summed E-state index contributed by atoms with van der Waals surface area (Å²) in [7, 11) is 0. The van der Waals surface area contributed by atoms with E-state index in [0.29, 0.717) is 29.1 Å². The van der Waals surface area contributed by atoms with E-state index < -0.39 is 0 Å². The smallest absolute Gasteiger partial charge is 0.222 e. The molecule has 6 heteroatoms. The van der Waals surface area contributed by atoms with Crippen LogP contribution in [0.2, 0.25) is 5.02 Å². The van der Waals surface area contributed by atoms with Crippen molar-refractivity contribution in [1.82, 2.24) is 4.57 Å². The summed E-state index contributed by atoms with van der Waals surface area (Å²) in [6.45, 7) is 7.17. The number of benzene rings is 2. The highest BCUT2D eigenvalue weighted by Gasteiger charge is 2.19. The van der Waals surface area contributed by atoms with Crippen molar-refractivity contribution < 1.29 is 9.84 Å². The molecule has 0 aliphatic heterocycles. The fourth-order valence-electron chi connectivity index (χ4n) is 2.94. The van der Waals surface area contributed by atoms with Crippen LogP contribution in [0.25, 0.3) is 10.9 Å². The summed E-state index contributed by atoms with van der Waals surface area (Å²) in [6, 6.07) is 13.2. The first kappa shape index (κ1) is 18.3. The van der Waals surface area contributed by atoms with E-state index >= 15 is 0 Å². The fraction of sp³-hybridized carbons (Fsp3) is 0.300. The lowest BCUT2D eigenvalue weighted by Crippen LogP contribution is -2.11.